The molecule has 0 spiro atoms. The van der Waals surface area contributed by atoms with Gasteiger partial charge in [-0.15, -0.1) is 0 Å². The van der Waals surface area contributed by atoms with Crippen molar-refractivity contribution in [3.8, 4) is 28.0 Å². The van der Waals surface area contributed by atoms with Crippen LogP contribution >= 0.6 is 11.6 Å². The smallest absolute Gasteiger partial charge is 0.253 e. The van der Waals surface area contributed by atoms with Gasteiger partial charge in [0.2, 0.25) is 11.8 Å². The van der Waals surface area contributed by atoms with Gasteiger partial charge in [0.25, 0.3) is 11.1 Å². The molecule has 0 atom stereocenters. The van der Waals surface area contributed by atoms with E-state index in [9.17, 15) is 19.2 Å². The number of anilines is 2. The third kappa shape index (κ3) is 7.37. The van der Waals surface area contributed by atoms with Crippen molar-refractivity contribution in [2.75, 3.05) is 10.6 Å². The van der Waals surface area contributed by atoms with Crippen LogP contribution in [0, 0.1) is 13.8 Å². The first kappa shape index (κ1) is 33.5. The fourth-order valence-corrected chi connectivity index (χ4v) is 6.51. The average molecular weight is 677 g/mol. The van der Waals surface area contributed by atoms with E-state index in [-0.39, 0.29) is 22.9 Å². The third-order valence-electron chi connectivity index (χ3n) is 8.77. The first-order chi connectivity index (χ1) is 23.5. The highest BCUT2D eigenvalue weighted by Gasteiger charge is 2.21. The molecular formula is C39H37ClN4O5. The molecule has 2 aliphatic rings. The highest BCUT2D eigenvalue weighted by Crippen LogP contribution is 2.36. The van der Waals surface area contributed by atoms with E-state index >= 15 is 0 Å². The van der Waals surface area contributed by atoms with Gasteiger partial charge in [-0.3, -0.25) is 19.2 Å². The molecular weight excluding hydrogens is 640 g/mol. The number of fused-ring (bicyclic) bond motifs is 2. The Balaban J connectivity index is 0.000000177. The summed E-state index contributed by atoms with van der Waals surface area (Å²) in [5, 5.41) is 6.34. The molecule has 250 valence electrons. The van der Waals surface area contributed by atoms with E-state index in [2.05, 4.69) is 16.7 Å². The van der Waals surface area contributed by atoms with E-state index in [1.165, 1.54) is 0 Å². The summed E-state index contributed by atoms with van der Waals surface area (Å²) in [6.07, 6.45) is 5.97. The Kier molecular flexibility index (Phi) is 9.56. The lowest BCUT2D eigenvalue weighted by molar-refractivity contribution is -0.117. The van der Waals surface area contributed by atoms with Crippen molar-refractivity contribution in [3.63, 3.8) is 0 Å². The van der Waals surface area contributed by atoms with E-state index in [0.29, 0.717) is 54.1 Å². The van der Waals surface area contributed by atoms with Crippen LogP contribution in [0.15, 0.2) is 88.7 Å². The lowest BCUT2D eigenvalue weighted by atomic mass is 9.93. The van der Waals surface area contributed by atoms with Crippen molar-refractivity contribution in [3.05, 3.63) is 133 Å². The summed E-state index contributed by atoms with van der Waals surface area (Å²) in [5.41, 5.74) is 9.87. The zero-order chi connectivity index (χ0) is 34.8. The lowest BCUT2D eigenvalue weighted by Gasteiger charge is -2.22. The molecule has 0 saturated carbocycles. The fourth-order valence-electron chi connectivity index (χ4n) is 6.22. The van der Waals surface area contributed by atoms with Gasteiger partial charge in [-0.1, -0.05) is 29.8 Å². The molecule has 0 fully saturated rings. The molecule has 3 aromatic carbocycles. The van der Waals surface area contributed by atoms with Crippen LogP contribution in [0.4, 0.5) is 11.4 Å². The number of amides is 2. The van der Waals surface area contributed by atoms with Crippen molar-refractivity contribution in [1.29, 1.82) is 0 Å². The summed E-state index contributed by atoms with van der Waals surface area (Å²) in [7, 11) is 3.50. The number of carbonyl (C=O) groups is 2. The van der Waals surface area contributed by atoms with Gasteiger partial charge in [0.05, 0.1) is 16.4 Å². The van der Waals surface area contributed by atoms with Crippen molar-refractivity contribution in [1.82, 2.24) is 9.13 Å². The minimum Gasteiger partial charge on any atom is -0.489 e. The van der Waals surface area contributed by atoms with Crippen LogP contribution in [0.2, 0.25) is 5.02 Å². The lowest BCUT2D eigenvalue weighted by Crippen LogP contribution is -2.21. The van der Waals surface area contributed by atoms with Gasteiger partial charge in [0.15, 0.2) is 0 Å². The number of aromatic nitrogens is 2. The molecule has 0 bridgehead atoms. The molecule has 10 heteroatoms. The largest absolute Gasteiger partial charge is 0.489 e. The van der Waals surface area contributed by atoms with Crippen LogP contribution in [-0.4, -0.2) is 20.9 Å². The number of para-hydroxylation sites is 1. The maximum absolute atomic E-state index is 12.0. The highest BCUT2D eigenvalue weighted by atomic mass is 35.5. The summed E-state index contributed by atoms with van der Waals surface area (Å²) in [6, 6.07) is 21.4. The minimum absolute atomic E-state index is 0.00149. The van der Waals surface area contributed by atoms with Crippen LogP contribution in [0.25, 0.3) is 22.3 Å². The Morgan fingerprint density at radius 1 is 0.653 bits per heavy atom. The highest BCUT2D eigenvalue weighted by molar-refractivity contribution is 6.34. The molecule has 2 aliphatic heterocycles. The van der Waals surface area contributed by atoms with Gasteiger partial charge in [0, 0.05) is 56.0 Å². The third-order valence-corrected chi connectivity index (χ3v) is 9.07. The molecule has 49 heavy (non-hydrogen) atoms. The first-order valence-corrected chi connectivity index (χ1v) is 16.5. The number of rotatable bonds is 5. The number of aryl methyl sites for hydroxylation is 6. The SMILES string of the molecule is Cc1cc(-c2cc(Cl)c3c(c2)CCC(=O)N3)cn(C)c1=O.Cc1cc(-c2cc3c(c(COc4ccccc4)c2)NC(=O)CC3)cn(C)c1=O. The van der Waals surface area contributed by atoms with Crippen molar-refractivity contribution < 1.29 is 14.3 Å². The quantitative estimate of drug-likeness (QED) is 0.215. The number of nitrogens with zero attached hydrogens (tertiary/aromatic N) is 2. The Labute approximate surface area is 289 Å². The van der Waals surface area contributed by atoms with Gasteiger partial charge in [0.1, 0.15) is 12.4 Å². The zero-order valence-corrected chi connectivity index (χ0v) is 28.6. The second-order valence-electron chi connectivity index (χ2n) is 12.5. The van der Waals surface area contributed by atoms with Crippen LogP contribution in [0.3, 0.4) is 0 Å². The van der Waals surface area contributed by atoms with Crippen LogP contribution in [0.1, 0.15) is 40.7 Å². The van der Waals surface area contributed by atoms with Crippen LogP contribution in [0.5, 0.6) is 5.75 Å². The number of pyridine rings is 2. The Hall–Kier alpha value is -5.41. The number of hydrogen-bond donors (Lipinski definition) is 2. The fraction of sp³-hybridized carbons (Fsp3) is 0.231. The van der Waals surface area contributed by atoms with E-state index in [0.717, 1.165) is 50.4 Å². The second-order valence-corrected chi connectivity index (χ2v) is 12.9. The molecule has 0 radical (unpaired) electrons. The van der Waals surface area contributed by atoms with Crippen molar-refractivity contribution >= 4 is 34.8 Å². The first-order valence-electron chi connectivity index (χ1n) is 16.1. The van der Waals surface area contributed by atoms with E-state index in [1.54, 1.807) is 36.4 Å². The molecule has 9 nitrogen and oxygen atoms in total. The van der Waals surface area contributed by atoms with E-state index < -0.39 is 0 Å². The number of ether oxygens (including phenoxy) is 1. The maximum Gasteiger partial charge on any atom is 0.253 e. The summed E-state index contributed by atoms with van der Waals surface area (Å²) < 4.78 is 9.12. The Morgan fingerprint density at radius 3 is 1.71 bits per heavy atom. The summed E-state index contributed by atoms with van der Waals surface area (Å²) >= 11 is 6.29. The molecule has 7 rings (SSSR count). The number of nitrogens with one attached hydrogen (secondary N) is 2. The van der Waals surface area contributed by atoms with Gasteiger partial charge in [-0.05, 0) is 109 Å². The van der Waals surface area contributed by atoms with Gasteiger partial charge < -0.3 is 24.5 Å². The molecule has 0 unspecified atom stereocenters. The van der Waals surface area contributed by atoms with Crippen LogP contribution < -0.4 is 26.5 Å². The molecule has 0 saturated heterocycles. The van der Waals surface area contributed by atoms with E-state index in [1.807, 2.05) is 73.8 Å². The number of hydrogen-bond acceptors (Lipinski definition) is 5. The van der Waals surface area contributed by atoms with Gasteiger partial charge >= 0.3 is 0 Å². The molecule has 2 N–H and O–H groups in total. The van der Waals surface area contributed by atoms with Crippen LogP contribution in [-0.2, 0) is 43.1 Å². The topological polar surface area (TPSA) is 111 Å². The average Bonchev–Trinajstić information content (AvgIpc) is 3.09. The molecule has 2 aromatic heterocycles. The predicted octanol–water partition coefficient (Wildman–Crippen LogP) is 6.72. The molecule has 4 heterocycles. The van der Waals surface area contributed by atoms with Crippen molar-refractivity contribution in [2.45, 2.75) is 46.1 Å². The van der Waals surface area contributed by atoms with Crippen molar-refractivity contribution in [2.24, 2.45) is 14.1 Å². The monoisotopic (exact) mass is 676 g/mol. The second kappa shape index (κ2) is 14.0. The molecule has 2 amide bonds. The summed E-state index contributed by atoms with van der Waals surface area (Å²) in [6.45, 7) is 3.97. The number of halogens is 1. The summed E-state index contributed by atoms with van der Waals surface area (Å²) in [5.74, 6) is 0.802. The summed E-state index contributed by atoms with van der Waals surface area (Å²) in [4.78, 5) is 47.2. The molecule has 5 aromatic rings. The predicted molar refractivity (Wildman–Crippen MR) is 193 cm³/mol. The number of carbonyl (C=O) groups excluding carboxylic acids is 2. The zero-order valence-electron chi connectivity index (χ0n) is 27.9. The normalized spacial score (nSPS) is 13.3. The van der Waals surface area contributed by atoms with Gasteiger partial charge in [-0.25, -0.2) is 0 Å². The standard InChI is InChI=1S/C23H22N2O3.C16H15ClN2O2/c1-15-10-18(13-25(2)23(15)27)17-11-16-8-9-21(26)24-22(16)19(12-17)14-28-20-6-4-3-5-7-20;1-9-5-12(8-19(2)16(9)21)11-6-10-3-4-14(20)18-15(10)13(17)7-11/h3-7,10-13H,8-9,14H2,1-2H3,(H,24,26);5-8H,3-4H2,1-2H3,(H,18,20). The molecule has 0 aliphatic carbocycles. The maximum atomic E-state index is 12.0. The van der Waals surface area contributed by atoms with Gasteiger partial charge in [-0.2, -0.15) is 0 Å². The number of benzene rings is 3. The Morgan fingerprint density at radius 2 is 1.16 bits per heavy atom. The Bertz CT molecular complexity index is 2170. The minimum atomic E-state index is -0.00456. The van der Waals surface area contributed by atoms with E-state index in [4.69, 9.17) is 16.3 Å².